The van der Waals surface area contributed by atoms with E-state index in [0.717, 1.165) is 10.2 Å². The van der Waals surface area contributed by atoms with E-state index in [1.165, 1.54) is 6.21 Å². The van der Waals surface area contributed by atoms with E-state index in [0.29, 0.717) is 24.5 Å². The summed E-state index contributed by atoms with van der Waals surface area (Å²) in [6.45, 7) is 0.846. The van der Waals surface area contributed by atoms with Crippen molar-refractivity contribution in [1.82, 2.24) is 0 Å². The van der Waals surface area contributed by atoms with Crippen LogP contribution in [0.2, 0.25) is 0 Å². The Kier molecular flexibility index (Phi) is 5.43. The molecule has 0 saturated carbocycles. The molecule has 2 aromatic rings. The number of nitrogens with zero attached hydrogens (tertiary/aromatic N) is 1. The lowest BCUT2D eigenvalue weighted by Crippen LogP contribution is -2.09. The fraction of sp³-hybridized carbons (Fsp3) is 0.133. The van der Waals surface area contributed by atoms with Crippen molar-refractivity contribution in [2.45, 2.75) is 0 Å². The molecule has 0 atom stereocenters. The molecule has 0 heterocycles. The van der Waals surface area contributed by atoms with Crippen LogP contribution in [-0.2, 0) is 0 Å². The van der Waals surface area contributed by atoms with Gasteiger partial charge in [0.2, 0.25) is 0 Å². The van der Waals surface area contributed by atoms with Crippen molar-refractivity contribution in [3.63, 3.8) is 0 Å². The van der Waals surface area contributed by atoms with Gasteiger partial charge in [-0.3, -0.25) is 0 Å². The van der Waals surface area contributed by atoms with Gasteiger partial charge >= 0.3 is 0 Å². The molecule has 0 saturated heterocycles. The van der Waals surface area contributed by atoms with E-state index in [2.05, 4.69) is 21.1 Å². The molecule has 0 aromatic heterocycles. The Morgan fingerprint density at radius 1 is 1.05 bits per heavy atom. The zero-order valence-electron chi connectivity index (χ0n) is 10.7. The van der Waals surface area contributed by atoms with Gasteiger partial charge in [0.05, 0.1) is 6.21 Å². The largest absolute Gasteiger partial charge is 0.490 e. The summed E-state index contributed by atoms with van der Waals surface area (Å²) in [6.07, 6.45) is 1.33. The van der Waals surface area contributed by atoms with E-state index in [9.17, 15) is 0 Å². The highest BCUT2D eigenvalue weighted by Crippen LogP contribution is 2.21. The van der Waals surface area contributed by atoms with Crippen LogP contribution < -0.4 is 9.47 Å². The van der Waals surface area contributed by atoms with Crippen LogP contribution in [0.5, 0.6) is 11.5 Å². The molecular weight excluding hydrogens is 322 g/mol. The third-order valence-electron chi connectivity index (χ3n) is 2.52. The van der Waals surface area contributed by atoms with Crippen LogP contribution in [0.25, 0.3) is 0 Å². The highest BCUT2D eigenvalue weighted by atomic mass is 79.9. The number of ether oxygens (including phenoxy) is 2. The summed E-state index contributed by atoms with van der Waals surface area (Å²) in [5.74, 6) is 1.45. The van der Waals surface area contributed by atoms with E-state index in [4.69, 9.17) is 14.7 Å². The first-order valence-electron chi connectivity index (χ1n) is 6.07. The third kappa shape index (κ3) is 4.28. The molecule has 4 nitrogen and oxygen atoms in total. The lowest BCUT2D eigenvalue weighted by atomic mass is 10.2. The van der Waals surface area contributed by atoms with Gasteiger partial charge in [-0.2, -0.15) is 0 Å². The Balaban J connectivity index is 1.88. The summed E-state index contributed by atoms with van der Waals surface area (Å²) >= 11 is 3.36. The molecule has 0 spiro atoms. The lowest BCUT2D eigenvalue weighted by Gasteiger charge is -2.10. The van der Waals surface area contributed by atoms with Crippen molar-refractivity contribution in [3.05, 3.63) is 58.6 Å². The minimum absolute atomic E-state index is 0.406. The number of para-hydroxylation sites is 1. The van der Waals surface area contributed by atoms with Crippen molar-refractivity contribution in [2.75, 3.05) is 13.2 Å². The summed E-state index contributed by atoms with van der Waals surface area (Å²) in [7, 11) is 0. The molecule has 2 aromatic carbocycles. The number of hydrogen-bond acceptors (Lipinski definition) is 4. The van der Waals surface area contributed by atoms with Gasteiger partial charge in [0.25, 0.3) is 0 Å². The fourth-order valence-electron chi connectivity index (χ4n) is 1.64. The van der Waals surface area contributed by atoms with Crippen LogP contribution in [0.3, 0.4) is 0 Å². The summed E-state index contributed by atoms with van der Waals surface area (Å²) in [6, 6.07) is 15.0. The maximum absolute atomic E-state index is 8.63. The minimum atomic E-state index is 0.406. The Bertz CT molecular complexity index is 573. The molecule has 5 heteroatoms. The number of rotatable bonds is 6. The number of benzene rings is 2. The van der Waals surface area contributed by atoms with Crippen molar-refractivity contribution >= 4 is 22.1 Å². The SMILES string of the molecule is O/N=C/c1cc(Br)ccc1OCCOc1ccccc1. The smallest absolute Gasteiger partial charge is 0.128 e. The predicted molar refractivity (Wildman–Crippen MR) is 81.0 cm³/mol. The molecule has 0 amide bonds. The first-order chi connectivity index (χ1) is 9.79. The maximum atomic E-state index is 8.63. The molecule has 20 heavy (non-hydrogen) atoms. The van der Waals surface area contributed by atoms with Crippen LogP contribution in [0.1, 0.15) is 5.56 Å². The van der Waals surface area contributed by atoms with E-state index >= 15 is 0 Å². The normalized spacial score (nSPS) is 10.7. The Morgan fingerprint density at radius 2 is 1.80 bits per heavy atom. The molecule has 104 valence electrons. The first-order valence-corrected chi connectivity index (χ1v) is 6.86. The zero-order chi connectivity index (χ0) is 14.2. The predicted octanol–water partition coefficient (Wildman–Crippen LogP) is 3.72. The van der Waals surface area contributed by atoms with Crippen molar-refractivity contribution in [2.24, 2.45) is 5.16 Å². The van der Waals surface area contributed by atoms with Gasteiger partial charge in [-0.15, -0.1) is 0 Å². The molecule has 0 bridgehead atoms. The molecule has 0 radical (unpaired) electrons. The molecule has 2 rings (SSSR count). The van der Waals surface area contributed by atoms with Crippen LogP contribution in [0.15, 0.2) is 58.2 Å². The second-order valence-electron chi connectivity index (χ2n) is 3.94. The first kappa shape index (κ1) is 14.4. The molecule has 0 unspecified atom stereocenters. The van der Waals surface area contributed by atoms with E-state index in [1.807, 2.05) is 48.5 Å². The van der Waals surface area contributed by atoms with E-state index < -0.39 is 0 Å². The van der Waals surface area contributed by atoms with Crippen molar-refractivity contribution < 1.29 is 14.7 Å². The average molecular weight is 336 g/mol. The minimum Gasteiger partial charge on any atom is -0.490 e. The summed E-state index contributed by atoms with van der Waals surface area (Å²) < 4.78 is 12.0. The van der Waals surface area contributed by atoms with Gasteiger partial charge in [-0.05, 0) is 30.3 Å². The van der Waals surface area contributed by atoms with E-state index in [-0.39, 0.29) is 0 Å². The zero-order valence-corrected chi connectivity index (χ0v) is 12.3. The average Bonchev–Trinajstić information content (AvgIpc) is 2.47. The summed E-state index contributed by atoms with van der Waals surface area (Å²) in [5, 5.41) is 11.7. The van der Waals surface area contributed by atoms with Crippen LogP contribution in [0, 0.1) is 0 Å². The van der Waals surface area contributed by atoms with Crippen LogP contribution in [-0.4, -0.2) is 24.6 Å². The quantitative estimate of drug-likeness (QED) is 0.379. The molecule has 0 fully saturated rings. The monoisotopic (exact) mass is 335 g/mol. The van der Waals surface area contributed by atoms with Crippen molar-refractivity contribution in [1.29, 1.82) is 0 Å². The highest BCUT2D eigenvalue weighted by molar-refractivity contribution is 9.10. The number of halogens is 1. The van der Waals surface area contributed by atoms with Gasteiger partial charge in [0, 0.05) is 10.0 Å². The Morgan fingerprint density at radius 3 is 2.55 bits per heavy atom. The topological polar surface area (TPSA) is 51.1 Å². The molecule has 0 aliphatic carbocycles. The van der Waals surface area contributed by atoms with Gasteiger partial charge in [0.15, 0.2) is 0 Å². The Labute approximate surface area is 125 Å². The number of oxime groups is 1. The fourth-order valence-corrected chi connectivity index (χ4v) is 2.02. The standard InChI is InChI=1S/C15H14BrNO3/c16-13-6-7-15(12(10-13)11-17-18)20-9-8-19-14-4-2-1-3-5-14/h1-7,10-11,18H,8-9H2/b17-11+. The summed E-state index contributed by atoms with van der Waals surface area (Å²) in [5.41, 5.74) is 0.696. The highest BCUT2D eigenvalue weighted by Gasteiger charge is 2.03. The summed E-state index contributed by atoms with van der Waals surface area (Å²) in [4.78, 5) is 0. The Hall–Kier alpha value is -2.01. The number of hydrogen-bond donors (Lipinski definition) is 1. The van der Waals surface area contributed by atoms with Gasteiger partial charge in [-0.25, -0.2) is 0 Å². The second kappa shape index (κ2) is 7.55. The molecule has 0 aliphatic rings. The lowest BCUT2D eigenvalue weighted by molar-refractivity contribution is 0.217. The van der Waals surface area contributed by atoms with E-state index in [1.54, 1.807) is 0 Å². The van der Waals surface area contributed by atoms with Crippen molar-refractivity contribution in [3.8, 4) is 11.5 Å². The second-order valence-corrected chi connectivity index (χ2v) is 4.85. The van der Waals surface area contributed by atoms with Crippen LogP contribution >= 0.6 is 15.9 Å². The molecule has 1 N–H and O–H groups in total. The van der Waals surface area contributed by atoms with Gasteiger partial charge in [0.1, 0.15) is 24.7 Å². The van der Waals surface area contributed by atoms with Crippen LogP contribution in [0.4, 0.5) is 0 Å². The maximum Gasteiger partial charge on any atom is 0.128 e. The molecular formula is C15H14BrNO3. The van der Waals surface area contributed by atoms with Gasteiger partial charge < -0.3 is 14.7 Å². The van der Waals surface area contributed by atoms with Gasteiger partial charge in [-0.1, -0.05) is 39.3 Å². The molecule has 0 aliphatic heterocycles. The third-order valence-corrected chi connectivity index (χ3v) is 3.01.